The molecule has 4 N–H and O–H groups in total. The van der Waals surface area contributed by atoms with Gasteiger partial charge in [0.2, 0.25) is 0 Å². The number of likely N-dealkylation sites (tertiary alicyclic amines) is 1. The van der Waals surface area contributed by atoms with Crippen LogP contribution in [-0.4, -0.2) is 52.9 Å². The van der Waals surface area contributed by atoms with Gasteiger partial charge in [-0.15, -0.1) is 0 Å². The van der Waals surface area contributed by atoms with Gasteiger partial charge in [0.15, 0.2) is 0 Å². The smallest absolute Gasteiger partial charge is 0.320 e. The molecule has 82 valence electrons. The fourth-order valence-electron chi connectivity index (χ4n) is 1.59. The Bertz CT molecular complexity index is 190. The number of hydrogen-bond donors (Lipinski definition) is 3. The molecule has 1 saturated heterocycles. The molecule has 0 saturated carbocycles. The lowest BCUT2D eigenvalue weighted by atomic mass is 10.1. The van der Waals surface area contributed by atoms with Gasteiger partial charge >= 0.3 is 5.97 Å². The summed E-state index contributed by atoms with van der Waals surface area (Å²) in [6.45, 7) is 2.39. The SMILES string of the molecule is N[C@H](CCN1CCC(O)CC1)C(=O)O. The molecule has 1 rings (SSSR count). The van der Waals surface area contributed by atoms with Gasteiger partial charge < -0.3 is 20.8 Å². The highest BCUT2D eigenvalue weighted by Crippen LogP contribution is 2.10. The van der Waals surface area contributed by atoms with Crippen LogP contribution in [0.5, 0.6) is 0 Å². The third-order valence-corrected chi connectivity index (χ3v) is 2.63. The third-order valence-electron chi connectivity index (χ3n) is 2.63. The van der Waals surface area contributed by atoms with Gasteiger partial charge in [-0.05, 0) is 19.3 Å². The zero-order valence-electron chi connectivity index (χ0n) is 8.22. The molecule has 0 aromatic rings. The first-order valence-corrected chi connectivity index (χ1v) is 4.98. The highest BCUT2D eigenvalue weighted by molar-refractivity contribution is 5.72. The van der Waals surface area contributed by atoms with Gasteiger partial charge in [0.1, 0.15) is 6.04 Å². The highest BCUT2D eigenvalue weighted by atomic mass is 16.4. The van der Waals surface area contributed by atoms with E-state index in [4.69, 9.17) is 10.8 Å². The molecule has 5 nitrogen and oxygen atoms in total. The van der Waals surface area contributed by atoms with Gasteiger partial charge in [-0.1, -0.05) is 0 Å². The monoisotopic (exact) mass is 202 g/mol. The molecule has 0 radical (unpaired) electrons. The number of carbonyl (C=O) groups is 1. The number of nitrogens with two attached hydrogens (primary N) is 1. The van der Waals surface area contributed by atoms with Crippen molar-refractivity contribution in [1.29, 1.82) is 0 Å². The molecule has 5 heteroatoms. The summed E-state index contributed by atoms with van der Waals surface area (Å²) in [7, 11) is 0. The van der Waals surface area contributed by atoms with E-state index in [0.29, 0.717) is 13.0 Å². The summed E-state index contributed by atoms with van der Waals surface area (Å²) in [6.07, 6.45) is 1.86. The van der Waals surface area contributed by atoms with Crippen molar-refractivity contribution in [3.8, 4) is 0 Å². The van der Waals surface area contributed by atoms with E-state index in [0.717, 1.165) is 25.9 Å². The Morgan fingerprint density at radius 1 is 1.50 bits per heavy atom. The van der Waals surface area contributed by atoms with Crippen molar-refractivity contribution in [1.82, 2.24) is 4.90 Å². The van der Waals surface area contributed by atoms with Gasteiger partial charge in [-0.2, -0.15) is 0 Å². The predicted octanol–water partition coefficient (Wildman–Crippen LogP) is -0.755. The Balaban J connectivity index is 2.16. The minimum absolute atomic E-state index is 0.181. The third kappa shape index (κ3) is 3.61. The van der Waals surface area contributed by atoms with Crippen molar-refractivity contribution in [2.75, 3.05) is 19.6 Å². The summed E-state index contributed by atoms with van der Waals surface area (Å²) in [5.41, 5.74) is 5.39. The van der Waals surface area contributed by atoms with E-state index < -0.39 is 12.0 Å². The zero-order valence-corrected chi connectivity index (χ0v) is 8.22. The van der Waals surface area contributed by atoms with E-state index in [1.54, 1.807) is 0 Å². The summed E-state index contributed by atoms with van der Waals surface area (Å²) in [5.74, 6) is -0.943. The molecule has 1 fully saturated rings. The molecule has 1 aliphatic rings. The maximum absolute atomic E-state index is 10.4. The number of aliphatic carboxylic acids is 1. The average Bonchev–Trinajstić information content (AvgIpc) is 2.16. The second-order valence-electron chi connectivity index (χ2n) is 3.81. The normalized spacial score (nSPS) is 22.1. The topological polar surface area (TPSA) is 86.8 Å². The van der Waals surface area contributed by atoms with Crippen LogP contribution >= 0.6 is 0 Å². The van der Waals surface area contributed by atoms with E-state index in [1.165, 1.54) is 0 Å². The number of rotatable bonds is 4. The van der Waals surface area contributed by atoms with Gasteiger partial charge in [0.25, 0.3) is 0 Å². The maximum atomic E-state index is 10.4. The number of carboxylic acids is 1. The maximum Gasteiger partial charge on any atom is 0.320 e. The van der Waals surface area contributed by atoms with Crippen LogP contribution in [0.15, 0.2) is 0 Å². The Hall–Kier alpha value is -0.650. The molecule has 0 bridgehead atoms. The van der Waals surface area contributed by atoms with Gasteiger partial charge in [0.05, 0.1) is 6.10 Å². The van der Waals surface area contributed by atoms with Crippen molar-refractivity contribution in [2.45, 2.75) is 31.4 Å². The number of aliphatic hydroxyl groups excluding tert-OH is 1. The highest BCUT2D eigenvalue weighted by Gasteiger charge is 2.18. The fourth-order valence-corrected chi connectivity index (χ4v) is 1.59. The number of hydrogen-bond acceptors (Lipinski definition) is 4. The van der Waals surface area contributed by atoms with Crippen LogP contribution in [0.3, 0.4) is 0 Å². The minimum atomic E-state index is -0.943. The number of carboxylic acid groups (broad SMARTS) is 1. The molecule has 0 aliphatic carbocycles. The first-order chi connectivity index (χ1) is 6.59. The minimum Gasteiger partial charge on any atom is -0.480 e. The van der Waals surface area contributed by atoms with Crippen LogP contribution in [0.2, 0.25) is 0 Å². The van der Waals surface area contributed by atoms with Crippen molar-refractivity contribution < 1.29 is 15.0 Å². The van der Waals surface area contributed by atoms with Crippen LogP contribution in [-0.2, 0) is 4.79 Å². The van der Waals surface area contributed by atoms with Crippen LogP contribution in [0, 0.1) is 0 Å². The van der Waals surface area contributed by atoms with E-state index >= 15 is 0 Å². The van der Waals surface area contributed by atoms with E-state index in [-0.39, 0.29) is 6.10 Å². The standard InChI is InChI=1S/C9H18N2O3/c10-8(9(13)14)3-6-11-4-1-7(12)2-5-11/h7-8,12H,1-6,10H2,(H,13,14)/t8-/m1/s1. The number of aliphatic hydroxyl groups is 1. The molecule has 0 aromatic heterocycles. The Morgan fingerprint density at radius 2 is 2.07 bits per heavy atom. The molecule has 1 heterocycles. The molecular formula is C9H18N2O3. The second-order valence-corrected chi connectivity index (χ2v) is 3.81. The lowest BCUT2D eigenvalue weighted by molar-refractivity contribution is -0.138. The molecule has 0 aromatic carbocycles. The predicted molar refractivity (Wildman–Crippen MR) is 51.9 cm³/mol. The quantitative estimate of drug-likeness (QED) is 0.558. The molecule has 1 aliphatic heterocycles. The molecule has 1 atom stereocenters. The van der Waals surface area contributed by atoms with E-state index in [1.807, 2.05) is 0 Å². The summed E-state index contributed by atoms with van der Waals surface area (Å²) in [4.78, 5) is 12.6. The van der Waals surface area contributed by atoms with Crippen molar-refractivity contribution in [3.63, 3.8) is 0 Å². The lowest BCUT2D eigenvalue weighted by Crippen LogP contribution is -2.40. The largest absolute Gasteiger partial charge is 0.480 e. The zero-order chi connectivity index (χ0) is 10.6. The second kappa shape index (κ2) is 5.29. The first-order valence-electron chi connectivity index (χ1n) is 4.98. The summed E-state index contributed by atoms with van der Waals surface area (Å²) < 4.78 is 0. The van der Waals surface area contributed by atoms with Crippen LogP contribution in [0.1, 0.15) is 19.3 Å². The summed E-state index contributed by atoms with van der Waals surface area (Å²) in [6, 6.07) is -0.762. The van der Waals surface area contributed by atoms with Crippen LogP contribution < -0.4 is 5.73 Å². The van der Waals surface area contributed by atoms with E-state index in [9.17, 15) is 9.90 Å². The Morgan fingerprint density at radius 3 is 2.57 bits per heavy atom. The summed E-state index contributed by atoms with van der Waals surface area (Å²) in [5, 5.41) is 17.8. The first kappa shape index (κ1) is 11.4. The average molecular weight is 202 g/mol. The van der Waals surface area contributed by atoms with Crippen molar-refractivity contribution in [2.24, 2.45) is 5.73 Å². The molecule has 0 unspecified atom stereocenters. The van der Waals surface area contributed by atoms with Crippen LogP contribution in [0.25, 0.3) is 0 Å². The van der Waals surface area contributed by atoms with E-state index in [2.05, 4.69) is 4.90 Å². The number of nitrogens with zero attached hydrogens (tertiary/aromatic N) is 1. The van der Waals surface area contributed by atoms with Gasteiger partial charge in [0, 0.05) is 19.6 Å². The molecular weight excluding hydrogens is 184 g/mol. The summed E-state index contributed by atoms with van der Waals surface area (Å²) >= 11 is 0. The molecule has 0 amide bonds. The fraction of sp³-hybridized carbons (Fsp3) is 0.889. The lowest BCUT2D eigenvalue weighted by Gasteiger charge is -2.29. The molecule has 0 spiro atoms. The van der Waals surface area contributed by atoms with Crippen molar-refractivity contribution in [3.05, 3.63) is 0 Å². The van der Waals surface area contributed by atoms with Gasteiger partial charge in [-0.3, -0.25) is 4.79 Å². The number of piperidine rings is 1. The Labute approximate surface area is 83.5 Å². The van der Waals surface area contributed by atoms with Crippen LogP contribution in [0.4, 0.5) is 0 Å². The van der Waals surface area contributed by atoms with Gasteiger partial charge in [-0.25, -0.2) is 0 Å². The molecule has 14 heavy (non-hydrogen) atoms. The Kier molecular flexibility index (Phi) is 4.31. The van der Waals surface area contributed by atoms with Crippen molar-refractivity contribution >= 4 is 5.97 Å².